The van der Waals surface area contributed by atoms with Gasteiger partial charge in [-0.2, -0.15) is 0 Å². The lowest BCUT2D eigenvalue weighted by Gasteiger charge is -2.25. The summed E-state index contributed by atoms with van der Waals surface area (Å²) in [6.45, 7) is 4.66. The van der Waals surface area contributed by atoms with Crippen molar-refractivity contribution in [2.75, 3.05) is 13.6 Å². The molecule has 0 aliphatic carbocycles. The van der Waals surface area contributed by atoms with E-state index in [4.69, 9.17) is 0 Å². The van der Waals surface area contributed by atoms with Gasteiger partial charge in [-0.3, -0.25) is 19.8 Å². The Labute approximate surface area is 137 Å². The molecular weight excluding hydrogens is 296 g/mol. The number of hydrogen-bond donors (Lipinski definition) is 3. The fraction of sp³-hybridized carbons (Fsp3) is 0.529. The number of likely N-dealkylation sites (N-methyl/N-ethyl adjacent to an activating group) is 1. The second-order valence-electron chi connectivity index (χ2n) is 6.26. The van der Waals surface area contributed by atoms with Crippen LogP contribution >= 0.6 is 0 Å². The number of carboxylic acids is 2. The zero-order valence-electron chi connectivity index (χ0n) is 13.9. The fourth-order valence-electron chi connectivity index (χ4n) is 2.43. The fourth-order valence-corrected chi connectivity index (χ4v) is 2.43. The van der Waals surface area contributed by atoms with E-state index in [2.05, 4.69) is 5.32 Å². The van der Waals surface area contributed by atoms with Crippen LogP contribution in [0, 0.1) is 5.92 Å². The Morgan fingerprint density at radius 3 is 2.13 bits per heavy atom. The number of carbonyl (C=O) groups is 2. The van der Waals surface area contributed by atoms with Gasteiger partial charge in [0.2, 0.25) is 0 Å². The summed E-state index contributed by atoms with van der Waals surface area (Å²) in [7, 11) is 1.82. The van der Waals surface area contributed by atoms with Gasteiger partial charge < -0.3 is 10.2 Å². The molecule has 2 atom stereocenters. The molecule has 0 radical (unpaired) electrons. The number of aliphatic carboxylic acids is 2. The molecule has 6 heteroatoms. The molecule has 0 spiro atoms. The first-order chi connectivity index (χ1) is 10.8. The van der Waals surface area contributed by atoms with Crippen molar-refractivity contribution in [3.8, 4) is 0 Å². The van der Waals surface area contributed by atoms with Gasteiger partial charge in [0.1, 0.15) is 12.1 Å². The Morgan fingerprint density at radius 2 is 1.65 bits per heavy atom. The normalized spacial score (nSPS) is 14.0. The van der Waals surface area contributed by atoms with Gasteiger partial charge in [0.25, 0.3) is 0 Å². The summed E-state index contributed by atoms with van der Waals surface area (Å²) in [6.07, 6.45) is 0.390. The highest BCUT2D eigenvalue weighted by atomic mass is 16.4. The molecule has 1 aromatic carbocycles. The van der Waals surface area contributed by atoms with Crippen LogP contribution in [0.5, 0.6) is 0 Å². The topological polar surface area (TPSA) is 89.9 Å². The average Bonchev–Trinajstić information content (AvgIpc) is 2.45. The third-order valence-electron chi connectivity index (χ3n) is 3.50. The minimum absolute atomic E-state index is 0.167. The summed E-state index contributed by atoms with van der Waals surface area (Å²) in [4.78, 5) is 24.6. The Bertz CT molecular complexity index is 505. The van der Waals surface area contributed by atoms with Crippen LogP contribution < -0.4 is 5.32 Å². The quantitative estimate of drug-likeness (QED) is 0.607. The van der Waals surface area contributed by atoms with Crippen molar-refractivity contribution in [1.82, 2.24) is 10.2 Å². The first-order valence-electron chi connectivity index (χ1n) is 7.73. The van der Waals surface area contributed by atoms with Crippen molar-refractivity contribution >= 4 is 11.9 Å². The van der Waals surface area contributed by atoms with Crippen molar-refractivity contribution in [2.24, 2.45) is 5.92 Å². The smallest absolute Gasteiger partial charge is 0.322 e. The Balaban J connectivity index is 2.66. The maximum Gasteiger partial charge on any atom is 0.322 e. The predicted molar refractivity (Wildman–Crippen MR) is 88.2 cm³/mol. The Hall–Kier alpha value is -1.92. The van der Waals surface area contributed by atoms with Crippen molar-refractivity contribution in [1.29, 1.82) is 0 Å². The van der Waals surface area contributed by atoms with Gasteiger partial charge in [0.15, 0.2) is 0 Å². The van der Waals surface area contributed by atoms with Gasteiger partial charge in [-0.05, 0) is 24.9 Å². The van der Waals surface area contributed by atoms with Crippen LogP contribution in [-0.2, 0) is 16.1 Å². The van der Waals surface area contributed by atoms with Crippen molar-refractivity contribution in [3.05, 3.63) is 35.9 Å². The van der Waals surface area contributed by atoms with Crippen molar-refractivity contribution in [3.63, 3.8) is 0 Å². The number of rotatable bonds is 10. The largest absolute Gasteiger partial charge is 0.480 e. The molecule has 6 nitrogen and oxygen atoms in total. The van der Waals surface area contributed by atoms with Crippen LogP contribution in [0.15, 0.2) is 30.3 Å². The SMILES string of the molecule is CC(C)CC(NC(CN(C)Cc1ccccc1)C(=O)O)C(=O)O. The van der Waals surface area contributed by atoms with E-state index in [9.17, 15) is 19.8 Å². The summed E-state index contributed by atoms with van der Waals surface area (Å²) in [5, 5.41) is 21.4. The van der Waals surface area contributed by atoms with Crippen LogP contribution in [0.4, 0.5) is 0 Å². The molecule has 0 amide bonds. The second kappa shape index (κ2) is 9.27. The summed E-state index contributed by atoms with van der Waals surface area (Å²) < 4.78 is 0. The highest BCUT2D eigenvalue weighted by Crippen LogP contribution is 2.08. The number of benzene rings is 1. The lowest BCUT2D eigenvalue weighted by Crippen LogP contribution is -2.52. The minimum atomic E-state index is -1.04. The molecule has 0 saturated carbocycles. The summed E-state index contributed by atoms with van der Waals surface area (Å²) in [5.41, 5.74) is 1.08. The van der Waals surface area contributed by atoms with Crippen LogP contribution in [0.1, 0.15) is 25.8 Å². The maximum absolute atomic E-state index is 11.4. The van der Waals surface area contributed by atoms with Gasteiger partial charge >= 0.3 is 11.9 Å². The highest BCUT2D eigenvalue weighted by Gasteiger charge is 2.27. The van der Waals surface area contributed by atoms with E-state index < -0.39 is 24.0 Å². The second-order valence-corrected chi connectivity index (χ2v) is 6.26. The van der Waals surface area contributed by atoms with Crippen LogP contribution in [0.2, 0.25) is 0 Å². The molecule has 1 aromatic rings. The lowest BCUT2D eigenvalue weighted by atomic mass is 10.0. The molecule has 0 aliphatic rings. The first kappa shape index (κ1) is 19.1. The number of carboxylic acid groups (broad SMARTS) is 2. The number of nitrogens with one attached hydrogen (secondary N) is 1. The summed E-state index contributed by atoms with van der Waals surface area (Å²) >= 11 is 0. The molecule has 3 N–H and O–H groups in total. The maximum atomic E-state index is 11.4. The standard InChI is InChI=1S/C17H26N2O4/c1-12(2)9-14(16(20)21)18-15(17(22)23)11-19(3)10-13-7-5-4-6-8-13/h4-8,12,14-15,18H,9-11H2,1-3H3,(H,20,21)(H,22,23). The van der Waals surface area contributed by atoms with Crippen molar-refractivity contribution in [2.45, 2.75) is 38.9 Å². The summed E-state index contributed by atoms with van der Waals surface area (Å²) in [6, 6.07) is 7.94. The molecular formula is C17H26N2O4. The monoisotopic (exact) mass is 322 g/mol. The molecule has 2 unspecified atom stereocenters. The Kier molecular flexibility index (Phi) is 7.71. The summed E-state index contributed by atoms with van der Waals surface area (Å²) in [5.74, 6) is -1.89. The first-order valence-corrected chi connectivity index (χ1v) is 7.73. The predicted octanol–water partition coefficient (Wildman–Crippen LogP) is 1.66. The molecule has 1 rings (SSSR count). The van der Waals surface area contributed by atoms with E-state index in [1.54, 1.807) is 0 Å². The zero-order valence-corrected chi connectivity index (χ0v) is 13.9. The van der Waals surface area contributed by atoms with E-state index >= 15 is 0 Å². The van der Waals surface area contributed by atoms with E-state index in [0.29, 0.717) is 13.0 Å². The van der Waals surface area contributed by atoms with Gasteiger partial charge in [-0.15, -0.1) is 0 Å². The van der Waals surface area contributed by atoms with Crippen LogP contribution in [0.25, 0.3) is 0 Å². The van der Waals surface area contributed by atoms with Gasteiger partial charge in [0, 0.05) is 13.1 Å². The lowest BCUT2D eigenvalue weighted by molar-refractivity contribution is -0.143. The van der Waals surface area contributed by atoms with Crippen LogP contribution in [-0.4, -0.2) is 52.7 Å². The van der Waals surface area contributed by atoms with E-state index in [1.165, 1.54) is 0 Å². The van der Waals surface area contributed by atoms with Crippen LogP contribution in [0.3, 0.4) is 0 Å². The molecule has 0 aromatic heterocycles. The third kappa shape index (κ3) is 7.25. The Morgan fingerprint density at radius 1 is 1.09 bits per heavy atom. The molecule has 0 bridgehead atoms. The molecule has 128 valence electrons. The minimum Gasteiger partial charge on any atom is -0.480 e. The third-order valence-corrected chi connectivity index (χ3v) is 3.50. The highest BCUT2D eigenvalue weighted by molar-refractivity contribution is 5.77. The van der Waals surface area contributed by atoms with Gasteiger partial charge in [-0.25, -0.2) is 0 Å². The molecule has 23 heavy (non-hydrogen) atoms. The van der Waals surface area contributed by atoms with E-state index in [0.717, 1.165) is 5.56 Å². The van der Waals surface area contributed by atoms with Gasteiger partial charge in [0.05, 0.1) is 0 Å². The van der Waals surface area contributed by atoms with Crippen molar-refractivity contribution < 1.29 is 19.8 Å². The van der Waals surface area contributed by atoms with Gasteiger partial charge in [-0.1, -0.05) is 44.2 Å². The zero-order chi connectivity index (χ0) is 17.4. The number of nitrogens with zero attached hydrogens (tertiary/aromatic N) is 1. The van der Waals surface area contributed by atoms with E-state index in [1.807, 2.05) is 56.1 Å². The number of hydrogen-bond acceptors (Lipinski definition) is 4. The molecule has 0 heterocycles. The molecule has 0 fully saturated rings. The molecule has 0 aliphatic heterocycles. The molecule has 0 saturated heterocycles. The average molecular weight is 322 g/mol. The van der Waals surface area contributed by atoms with E-state index in [-0.39, 0.29) is 12.5 Å².